The Morgan fingerprint density at radius 3 is 2.83 bits per heavy atom. The van der Waals surface area contributed by atoms with Gasteiger partial charge in [0.1, 0.15) is 5.56 Å². The first kappa shape index (κ1) is 12.9. The summed E-state index contributed by atoms with van der Waals surface area (Å²) >= 11 is 9.13. The van der Waals surface area contributed by atoms with Gasteiger partial charge in [-0.3, -0.25) is 9.59 Å². The molecule has 0 saturated carbocycles. The van der Waals surface area contributed by atoms with Gasteiger partial charge in [-0.25, -0.2) is 0 Å². The van der Waals surface area contributed by atoms with Crippen LogP contribution in [0.1, 0.15) is 10.4 Å². The number of amides is 1. The number of aromatic nitrogens is 1. The molecule has 0 aliphatic carbocycles. The van der Waals surface area contributed by atoms with Crippen LogP contribution in [-0.2, 0) is 0 Å². The van der Waals surface area contributed by atoms with E-state index < -0.39 is 5.91 Å². The number of hydrogen-bond acceptors (Lipinski definition) is 2. The third-order valence-electron chi connectivity index (χ3n) is 2.25. The molecule has 1 aromatic carbocycles. The van der Waals surface area contributed by atoms with E-state index in [0.717, 1.165) is 0 Å². The van der Waals surface area contributed by atoms with Crippen LogP contribution >= 0.6 is 27.5 Å². The predicted molar refractivity (Wildman–Crippen MR) is 74.2 cm³/mol. The summed E-state index contributed by atoms with van der Waals surface area (Å²) in [6, 6.07) is 6.30. The molecule has 0 radical (unpaired) electrons. The number of rotatable bonds is 2. The van der Waals surface area contributed by atoms with Gasteiger partial charge in [-0.1, -0.05) is 11.6 Å². The Morgan fingerprint density at radius 1 is 1.33 bits per heavy atom. The van der Waals surface area contributed by atoms with Gasteiger partial charge in [0.05, 0.1) is 5.69 Å². The number of nitrogens with one attached hydrogen (secondary N) is 2. The smallest absolute Gasteiger partial charge is 0.261 e. The van der Waals surface area contributed by atoms with Crippen molar-refractivity contribution >= 4 is 39.1 Å². The zero-order valence-corrected chi connectivity index (χ0v) is 11.4. The molecule has 0 atom stereocenters. The molecule has 0 spiro atoms. The molecule has 2 rings (SSSR count). The largest absolute Gasteiger partial charge is 0.367 e. The second-order valence-corrected chi connectivity index (χ2v) is 4.79. The number of H-pyrrole nitrogens is 1. The van der Waals surface area contributed by atoms with E-state index in [2.05, 4.69) is 26.2 Å². The second-order valence-electron chi connectivity index (χ2n) is 3.50. The van der Waals surface area contributed by atoms with Crippen molar-refractivity contribution in [1.29, 1.82) is 0 Å². The summed E-state index contributed by atoms with van der Waals surface area (Å²) in [6.07, 6.45) is 2.82. The van der Waals surface area contributed by atoms with Crippen molar-refractivity contribution in [3.05, 3.63) is 61.9 Å². The van der Waals surface area contributed by atoms with Crippen LogP contribution in [0.25, 0.3) is 0 Å². The van der Waals surface area contributed by atoms with Crippen molar-refractivity contribution in [2.24, 2.45) is 0 Å². The average molecular weight is 328 g/mol. The highest BCUT2D eigenvalue weighted by Crippen LogP contribution is 2.26. The van der Waals surface area contributed by atoms with Crippen molar-refractivity contribution in [3.63, 3.8) is 0 Å². The first-order valence-electron chi connectivity index (χ1n) is 5.01. The fourth-order valence-electron chi connectivity index (χ4n) is 1.38. The molecule has 0 aliphatic heterocycles. The molecule has 6 heteroatoms. The summed E-state index contributed by atoms with van der Waals surface area (Å²) in [7, 11) is 0. The van der Waals surface area contributed by atoms with Crippen molar-refractivity contribution in [2.45, 2.75) is 0 Å². The zero-order valence-electron chi connectivity index (χ0n) is 9.04. The number of aromatic amines is 1. The van der Waals surface area contributed by atoms with Crippen molar-refractivity contribution in [3.8, 4) is 0 Å². The SMILES string of the molecule is O=C(Nc1cc(Cl)ccc1Br)c1c[nH]ccc1=O. The highest BCUT2D eigenvalue weighted by Gasteiger charge is 2.11. The van der Waals surface area contributed by atoms with Gasteiger partial charge in [0.2, 0.25) is 0 Å². The van der Waals surface area contributed by atoms with E-state index in [9.17, 15) is 9.59 Å². The van der Waals surface area contributed by atoms with Crippen LogP contribution in [-0.4, -0.2) is 10.9 Å². The number of benzene rings is 1. The summed E-state index contributed by atoms with van der Waals surface area (Å²) in [5.41, 5.74) is 0.213. The Labute approximate surface area is 116 Å². The molecule has 1 heterocycles. The molecule has 0 bridgehead atoms. The minimum Gasteiger partial charge on any atom is -0.367 e. The molecule has 1 aromatic heterocycles. The molecule has 0 aliphatic rings. The minimum absolute atomic E-state index is 0.0457. The monoisotopic (exact) mass is 326 g/mol. The van der Waals surface area contributed by atoms with E-state index >= 15 is 0 Å². The fraction of sp³-hybridized carbons (Fsp3) is 0. The Balaban J connectivity index is 2.30. The van der Waals surface area contributed by atoms with Gasteiger partial charge < -0.3 is 10.3 Å². The summed E-state index contributed by atoms with van der Waals surface area (Å²) in [4.78, 5) is 26.1. The van der Waals surface area contributed by atoms with E-state index in [4.69, 9.17) is 11.6 Å². The molecule has 0 unspecified atom stereocenters. The third kappa shape index (κ3) is 2.80. The fourth-order valence-corrected chi connectivity index (χ4v) is 1.89. The summed E-state index contributed by atoms with van der Waals surface area (Å²) in [6.45, 7) is 0. The number of carbonyl (C=O) groups is 1. The number of anilines is 1. The lowest BCUT2D eigenvalue weighted by molar-refractivity contribution is 0.102. The lowest BCUT2D eigenvalue weighted by atomic mass is 10.2. The molecule has 0 saturated heterocycles. The van der Waals surface area contributed by atoms with Gasteiger partial charge in [0, 0.05) is 28.0 Å². The van der Waals surface area contributed by atoms with Crippen LogP contribution in [0.15, 0.2) is 45.9 Å². The number of halogens is 2. The van der Waals surface area contributed by atoms with Gasteiger partial charge in [0.15, 0.2) is 5.43 Å². The van der Waals surface area contributed by atoms with Gasteiger partial charge in [0.25, 0.3) is 5.91 Å². The Bertz CT molecular complexity index is 655. The molecule has 1 amide bonds. The number of carbonyl (C=O) groups excluding carboxylic acids is 1. The van der Waals surface area contributed by atoms with Crippen LogP contribution in [0, 0.1) is 0 Å². The van der Waals surface area contributed by atoms with Crippen LogP contribution in [0.2, 0.25) is 5.02 Å². The quantitative estimate of drug-likeness (QED) is 0.890. The van der Waals surface area contributed by atoms with E-state index in [1.165, 1.54) is 18.5 Å². The molecular weight excluding hydrogens is 320 g/mol. The highest BCUT2D eigenvalue weighted by molar-refractivity contribution is 9.10. The molecule has 0 fully saturated rings. The predicted octanol–water partition coefficient (Wildman–Crippen LogP) is 3.04. The Morgan fingerprint density at radius 2 is 2.11 bits per heavy atom. The second kappa shape index (κ2) is 5.37. The molecule has 18 heavy (non-hydrogen) atoms. The Kier molecular flexibility index (Phi) is 3.84. The first-order chi connectivity index (χ1) is 8.58. The van der Waals surface area contributed by atoms with E-state index in [1.807, 2.05) is 0 Å². The normalized spacial score (nSPS) is 10.1. The maximum absolute atomic E-state index is 11.9. The first-order valence-corrected chi connectivity index (χ1v) is 6.18. The molecule has 2 N–H and O–H groups in total. The molecular formula is C12H8BrClN2O2. The van der Waals surface area contributed by atoms with Crippen molar-refractivity contribution in [2.75, 3.05) is 5.32 Å². The third-order valence-corrected chi connectivity index (χ3v) is 3.17. The maximum Gasteiger partial charge on any atom is 0.261 e. The Hall–Kier alpha value is -1.59. The van der Waals surface area contributed by atoms with E-state index in [0.29, 0.717) is 15.2 Å². The molecule has 2 aromatic rings. The maximum atomic E-state index is 11.9. The number of hydrogen-bond donors (Lipinski definition) is 2. The summed E-state index contributed by atoms with van der Waals surface area (Å²) in [5, 5.41) is 3.11. The standard InChI is InChI=1S/C12H8BrClN2O2/c13-9-2-1-7(14)5-10(9)16-12(18)8-6-15-4-3-11(8)17/h1-6H,(H,15,17)(H,16,18). The van der Waals surface area contributed by atoms with E-state index in [-0.39, 0.29) is 11.0 Å². The van der Waals surface area contributed by atoms with Gasteiger partial charge in [-0.15, -0.1) is 0 Å². The summed E-state index contributed by atoms with van der Waals surface area (Å²) < 4.78 is 0.688. The van der Waals surface area contributed by atoms with Gasteiger partial charge in [-0.2, -0.15) is 0 Å². The number of pyridine rings is 1. The van der Waals surface area contributed by atoms with E-state index in [1.54, 1.807) is 18.2 Å². The lowest BCUT2D eigenvalue weighted by Crippen LogP contribution is -2.21. The van der Waals surface area contributed by atoms with Crippen molar-refractivity contribution in [1.82, 2.24) is 4.98 Å². The van der Waals surface area contributed by atoms with Gasteiger partial charge >= 0.3 is 0 Å². The average Bonchev–Trinajstić information content (AvgIpc) is 2.34. The van der Waals surface area contributed by atoms with Crippen LogP contribution in [0.3, 0.4) is 0 Å². The van der Waals surface area contributed by atoms with Crippen LogP contribution in [0.5, 0.6) is 0 Å². The van der Waals surface area contributed by atoms with Crippen molar-refractivity contribution < 1.29 is 4.79 Å². The molecule has 4 nitrogen and oxygen atoms in total. The van der Waals surface area contributed by atoms with Crippen LogP contribution < -0.4 is 10.7 Å². The minimum atomic E-state index is -0.486. The topological polar surface area (TPSA) is 62.0 Å². The van der Waals surface area contributed by atoms with Gasteiger partial charge in [-0.05, 0) is 34.1 Å². The zero-order chi connectivity index (χ0) is 13.1. The summed E-state index contributed by atoms with van der Waals surface area (Å²) in [5.74, 6) is -0.486. The van der Waals surface area contributed by atoms with Crippen LogP contribution in [0.4, 0.5) is 5.69 Å². The highest BCUT2D eigenvalue weighted by atomic mass is 79.9. The molecule has 92 valence electrons. The lowest BCUT2D eigenvalue weighted by Gasteiger charge is -2.07.